The number of halogens is 1. The maximum Gasteiger partial charge on any atom is 0.274 e. The summed E-state index contributed by atoms with van der Waals surface area (Å²) in [4.78, 5) is 4.37. The molecule has 0 aliphatic carbocycles. The van der Waals surface area contributed by atoms with Gasteiger partial charge in [0.25, 0.3) is 15.2 Å². The molecule has 3 aromatic rings. The molecule has 9 heteroatoms. The molecular formula is C14H11ClN2O3S3. The van der Waals surface area contributed by atoms with Crippen molar-refractivity contribution >= 4 is 54.5 Å². The summed E-state index contributed by atoms with van der Waals surface area (Å²) in [6, 6.07) is 8.93. The molecule has 0 bridgehead atoms. The van der Waals surface area contributed by atoms with Crippen molar-refractivity contribution in [1.29, 1.82) is 0 Å². The number of thiazole rings is 1. The highest BCUT2D eigenvalue weighted by atomic mass is 35.5. The summed E-state index contributed by atoms with van der Waals surface area (Å²) in [5.41, 5.74) is 0.719. The summed E-state index contributed by atoms with van der Waals surface area (Å²) in [6.45, 7) is 0.674. The SMILES string of the molecule is O=S(=O)(c1cccs1)N1CC(Oc2nc3c(Cl)cccc3s2)C1. The van der Waals surface area contributed by atoms with Gasteiger partial charge >= 0.3 is 0 Å². The second kappa shape index (κ2) is 5.71. The normalized spacial score (nSPS) is 16.6. The van der Waals surface area contributed by atoms with Gasteiger partial charge in [0.05, 0.1) is 22.8 Å². The molecule has 0 atom stereocenters. The van der Waals surface area contributed by atoms with Crippen LogP contribution in [-0.4, -0.2) is 36.9 Å². The van der Waals surface area contributed by atoms with Crippen LogP contribution in [0.3, 0.4) is 0 Å². The van der Waals surface area contributed by atoms with E-state index in [-0.39, 0.29) is 6.10 Å². The quantitative estimate of drug-likeness (QED) is 0.689. The van der Waals surface area contributed by atoms with Crippen molar-refractivity contribution < 1.29 is 13.2 Å². The third-order valence-corrected chi connectivity index (χ3v) is 7.94. The summed E-state index contributed by atoms with van der Waals surface area (Å²) in [5, 5.41) is 2.86. The van der Waals surface area contributed by atoms with Gasteiger partial charge in [0.1, 0.15) is 15.8 Å². The molecule has 0 saturated carbocycles. The Bertz CT molecular complexity index is 947. The Morgan fingerprint density at radius 2 is 2.09 bits per heavy atom. The smallest absolute Gasteiger partial charge is 0.274 e. The molecule has 1 aliphatic heterocycles. The lowest BCUT2D eigenvalue weighted by molar-refractivity contribution is 0.0763. The van der Waals surface area contributed by atoms with Crippen LogP contribution in [0.4, 0.5) is 0 Å². The van der Waals surface area contributed by atoms with Crippen LogP contribution in [0.2, 0.25) is 5.02 Å². The molecule has 1 saturated heterocycles. The second-order valence-corrected chi connectivity index (χ2v) is 9.57. The number of rotatable bonds is 4. The zero-order valence-corrected chi connectivity index (χ0v) is 14.9. The largest absolute Gasteiger partial charge is 0.464 e. The number of hydrogen-bond donors (Lipinski definition) is 0. The second-order valence-electron chi connectivity index (χ2n) is 5.06. The average Bonchev–Trinajstić information content (AvgIpc) is 3.12. The average molecular weight is 387 g/mol. The van der Waals surface area contributed by atoms with Crippen molar-refractivity contribution in [3.63, 3.8) is 0 Å². The summed E-state index contributed by atoms with van der Waals surface area (Å²) in [7, 11) is -3.38. The molecule has 2 aromatic heterocycles. The van der Waals surface area contributed by atoms with E-state index in [1.165, 1.54) is 27.0 Å². The molecular weight excluding hydrogens is 376 g/mol. The van der Waals surface area contributed by atoms with Gasteiger partial charge in [-0.15, -0.1) is 11.3 Å². The van der Waals surface area contributed by atoms with Gasteiger partial charge in [-0.2, -0.15) is 4.31 Å². The van der Waals surface area contributed by atoms with Gasteiger partial charge in [-0.25, -0.2) is 13.4 Å². The Hall–Kier alpha value is -1.19. The van der Waals surface area contributed by atoms with Gasteiger partial charge < -0.3 is 4.74 Å². The highest BCUT2D eigenvalue weighted by Gasteiger charge is 2.39. The Balaban J connectivity index is 1.45. The summed E-state index contributed by atoms with van der Waals surface area (Å²) < 4.78 is 33.1. The Morgan fingerprint density at radius 3 is 2.78 bits per heavy atom. The molecule has 0 spiro atoms. The number of benzene rings is 1. The van der Waals surface area contributed by atoms with Crippen molar-refractivity contribution in [3.8, 4) is 5.19 Å². The first-order chi connectivity index (χ1) is 11.0. The number of sulfonamides is 1. The maximum absolute atomic E-state index is 12.3. The van der Waals surface area contributed by atoms with Crippen LogP contribution in [-0.2, 0) is 10.0 Å². The molecule has 23 heavy (non-hydrogen) atoms. The summed E-state index contributed by atoms with van der Waals surface area (Å²) >= 11 is 8.73. The van der Waals surface area contributed by atoms with Gasteiger partial charge in [-0.1, -0.05) is 35.1 Å². The van der Waals surface area contributed by atoms with E-state index in [1.54, 1.807) is 23.6 Å². The van der Waals surface area contributed by atoms with E-state index in [4.69, 9.17) is 16.3 Å². The number of fused-ring (bicyclic) bond motifs is 1. The van der Waals surface area contributed by atoms with Gasteiger partial charge in [-0.3, -0.25) is 0 Å². The number of nitrogens with zero attached hydrogens (tertiary/aromatic N) is 2. The molecule has 3 heterocycles. The topological polar surface area (TPSA) is 59.5 Å². The van der Waals surface area contributed by atoms with E-state index in [1.807, 2.05) is 12.1 Å². The third kappa shape index (κ3) is 2.74. The zero-order valence-electron chi connectivity index (χ0n) is 11.7. The molecule has 1 aromatic carbocycles. The van der Waals surface area contributed by atoms with E-state index < -0.39 is 10.0 Å². The molecule has 120 valence electrons. The fourth-order valence-corrected chi connectivity index (χ4v) is 6.13. The van der Waals surface area contributed by atoms with Crippen LogP contribution in [0.15, 0.2) is 39.9 Å². The third-order valence-electron chi connectivity index (χ3n) is 3.52. The standard InChI is InChI=1S/C14H11ClN2O3S3/c15-10-3-1-4-11-13(10)16-14(22-11)20-9-7-17(8-9)23(18,19)12-5-2-6-21-12/h1-6,9H,7-8H2. The van der Waals surface area contributed by atoms with E-state index >= 15 is 0 Å². The highest BCUT2D eigenvalue weighted by Crippen LogP contribution is 2.34. The van der Waals surface area contributed by atoms with E-state index in [0.29, 0.717) is 27.5 Å². The van der Waals surface area contributed by atoms with Crippen molar-refractivity contribution in [2.75, 3.05) is 13.1 Å². The minimum Gasteiger partial charge on any atom is -0.464 e. The Kier molecular flexibility index (Phi) is 3.81. The first-order valence-electron chi connectivity index (χ1n) is 6.79. The molecule has 0 unspecified atom stereocenters. The van der Waals surface area contributed by atoms with E-state index in [0.717, 1.165) is 10.2 Å². The molecule has 1 fully saturated rings. The molecule has 1 aliphatic rings. The van der Waals surface area contributed by atoms with Crippen LogP contribution in [0.1, 0.15) is 0 Å². The predicted molar refractivity (Wildman–Crippen MR) is 92.1 cm³/mol. The summed E-state index contributed by atoms with van der Waals surface area (Å²) in [6.07, 6.45) is -0.177. The van der Waals surface area contributed by atoms with E-state index in [9.17, 15) is 8.42 Å². The number of thiophene rings is 1. The van der Waals surface area contributed by atoms with Crippen molar-refractivity contribution in [1.82, 2.24) is 9.29 Å². The van der Waals surface area contributed by atoms with E-state index in [2.05, 4.69) is 4.98 Å². The number of aromatic nitrogens is 1. The number of hydrogen-bond acceptors (Lipinski definition) is 6. The van der Waals surface area contributed by atoms with Crippen molar-refractivity contribution in [2.24, 2.45) is 0 Å². The van der Waals surface area contributed by atoms with Crippen LogP contribution >= 0.6 is 34.3 Å². The van der Waals surface area contributed by atoms with Gasteiger partial charge in [0.15, 0.2) is 0 Å². The lowest BCUT2D eigenvalue weighted by Crippen LogP contribution is -2.55. The van der Waals surface area contributed by atoms with Crippen LogP contribution in [0.5, 0.6) is 5.19 Å². The molecule has 4 rings (SSSR count). The zero-order chi connectivity index (χ0) is 16.0. The van der Waals surface area contributed by atoms with Gasteiger partial charge in [0.2, 0.25) is 0 Å². The number of ether oxygens (including phenoxy) is 1. The monoisotopic (exact) mass is 386 g/mol. The fraction of sp³-hybridized carbons (Fsp3) is 0.214. The summed E-state index contributed by atoms with van der Waals surface area (Å²) in [5.74, 6) is 0. The molecule has 0 amide bonds. The predicted octanol–water partition coefficient (Wildman–Crippen LogP) is 3.46. The minimum atomic E-state index is -3.38. The highest BCUT2D eigenvalue weighted by molar-refractivity contribution is 7.91. The van der Waals surface area contributed by atoms with Crippen LogP contribution < -0.4 is 4.74 Å². The Morgan fingerprint density at radius 1 is 1.26 bits per heavy atom. The van der Waals surface area contributed by atoms with Crippen LogP contribution in [0, 0.1) is 0 Å². The van der Waals surface area contributed by atoms with Crippen molar-refractivity contribution in [2.45, 2.75) is 10.3 Å². The van der Waals surface area contributed by atoms with Gasteiger partial charge in [0, 0.05) is 0 Å². The molecule has 0 radical (unpaired) electrons. The van der Waals surface area contributed by atoms with Crippen LogP contribution in [0.25, 0.3) is 10.2 Å². The lowest BCUT2D eigenvalue weighted by atomic mass is 10.2. The Labute approximate surface area is 146 Å². The van der Waals surface area contributed by atoms with Gasteiger partial charge in [-0.05, 0) is 23.6 Å². The fourth-order valence-electron chi connectivity index (χ4n) is 2.30. The molecule has 0 N–H and O–H groups in total. The first-order valence-corrected chi connectivity index (χ1v) is 10.3. The first kappa shape index (κ1) is 15.3. The maximum atomic E-state index is 12.3. The van der Waals surface area contributed by atoms with Crippen molar-refractivity contribution in [3.05, 3.63) is 40.7 Å². The number of para-hydroxylation sites is 1. The lowest BCUT2D eigenvalue weighted by Gasteiger charge is -2.36. The molecule has 5 nitrogen and oxygen atoms in total. The minimum absolute atomic E-state index is 0.177.